The van der Waals surface area contributed by atoms with Crippen LogP contribution in [0.2, 0.25) is 0 Å². The number of rotatable bonds is 5. The lowest BCUT2D eigenvalue weighted by Gasteiger charge is -2.26. The monoisotopic (exact) mass is 460 g/mol. The molecule has 1 aliphatic heterocycles. The molecule has 11 heteroatoms. The van der Waals surface area contributed by atoms with Crippen molar-refractivity contribution in [3.8, 4) is 11.3 Å². The van der Waals surface area contributed by atoms with E-state index in [1.54, 1.807) is 37.1 Å². The summed E-state index contributed by atoms with van der Waals surface area (Å²) in [5, 5.41) is 19.1. The number of hydrogen-bond acceptors (Lipinski definition) is 6. The number of pyridine rings is 2. The number of carbonyl (C=O) groups is 1. The Hall–Kier alpha value is -3.47. The van der Waals surface area contributed by atoms with Crippen molar-refractivity contribution in [3.05, 3.63) is 54.1 Å². The molecule has 0 unspecified atom stereocenters. The molecule has 4 rings (SSSR count). The number of nitrogens with one attached hydrogen (secondary N) is 2. The molecule has 0 radical (unpaired) electrons. The summed E-state index contributed by atoms with van der Waals surface area (Å²) < 4.78 is 40.8. The number of aromatic amines is 1. The van der Waals surface area contributed by atoms with E-state index in [0.717, 1.165) is 6.20 Å². The van der Waals surface area contributed by atoms with Gasteiger partial charge in [0.15, 0.2) is 0 Å². The number of H-pyrrole nitrogens is 1. The van der Waals surface area contributed by atoms with Crippen LogP contribution >= 0.6 is 0 Å². The molecule has 0 aliphatic carbocycles. The highest BCUT2D eigenvalue weighted by atomic mass is 19.4. The van der Waals surface area contributed by atoms with E-state index in [4.69, 9.17) is 0 Å². The first-order chi connectivity index (χ1) is 15.5. The van der Waals surface area contributed by atoms with E-state index in [1.807, 2.05) is 0 Å². The number of alkyl halides is 3. The quantitative estimate of drug-likeness (QED) is 0.536. The van der Waals surface area contributed by atoms with Crippen LogP contribution in [0.5, 0.6) is 0 Å². The predicted molar refractivity (Wildman–Crippen MR) is 116 cm³/mol. The Bertz CT molecular complexity index is 1140. The van der Waals surface area contributed by atoms with Crippen LogP contribution < -0.4 is 10.2 Å². The summed E-state index contributed by atoms with van der Waals surface area (Å²) >= 11 is 0. The fraction of sp³-hybridized carbons (Fsp3) is 0.364. The number of halogens is 3. The molecule has 1 saturated heterocycles. The minimum absolute atomic E-state index is 0.0385. The van der Waals surface area contributed by atoms with Gasteiger partial charge < -0.3 is 15.3 Å². The molecular weight excluding hydrogens is 437 g/mol. The smallest absolute Gasteiger partial charge is 0.390 e. The van der Waals surface area contributed by atoms with Gasteiger partial charge in [-0.3, -0.25) is 9.89 Å². The van der Waals surface area contributed by atoms with Crippen LogP contribution in [0.4, 0.5) is 24.7 Å². The summed E-state index contributed by atoms with van der Waals surface area (Å²) in [5.74, 6) is -0.529. The Morgan fingerprint density at radius 3 is 2.70 bits per heavy atom. The number of carbonyl (C=O) groups excluding carboxylic acids is 1. The zero-order valence-corrected chi connectivity index (χ0v) is 18.0. The highest BCUT2D eigenvalue weighted by Gasteiger charge is 2.37. The van der Waals surface area contributed by atoms with Crippen molar-refractivity contribution in [2.45, 2.75) is 32.0 Å². The molecule has 1 atom stereocenters. The summed E-state index contributed by atoms with van der Waals surface area (Å²) in [6.07, 6.45) is -0.188. The van der Waals surface area contributed by atoms with Gasteiger partial charge in [-0.25, -0.2) is 9.97 Å². The Labute approximate surface area is 187 Å². The largest absolute Gasteiger partial charge is 0.419 e. The van der Waals surface area contributed by atoms with Crippen molar-refractivity contribution in [1.82, 2.24) is 20.2 Å². The van der Waals surface area contributed by atoms with Crippen molar-refractivity contribution in [3.63, 3.8) is 0 Å². The molecule has 3 aromatic rings. The fourth-order valence-corrected chi connectivity index (χ4v) is 3.79. The van der Waals surface area contributed by atoms with Gasteiger partial charge in [-0.05, 0) is 32.4 Å². The predicted octanol–water partition coefficient (Wildman–Crippen LogP) is 3.74. The zero-order valence-electron chi connectivity index (χ0n) is 18.0. The maximum atomic E-state index is 13.6. The van der Waals surface area contributed by atoms with E-state index in [0.29, 0.717) is 36.6 Å². The number of anilines is 2. The summed E-state index contributed by atoms with van der Waals surface area (Å²) in [7, 11) is 0. The normalized spacial score (nSPS) is 16.8. The molecule has 8 nitrogen and oxygen atoms in total. The van der Waals surface area contributed by atoms with E-state index in [1.165, 1.54) is 18.3 Å². The van der Waals surface area contributed by atoms with Crippen molar-refractivity contribution in [2.75, 3.05) is 23.3 Å². The van der Waals surface area contributed by atoms with Gasteiger partial charge in [0.1, 0.15) is 11.5 Å². The average Bonchev–Trinajstić information content (AvgIpc) is 3.45. The molecule has 0 aromatic carbocycles. The van der Waals surface area contributed by atoms with Crippen molar-refractivity contribution in [1.29, 1.82) is 0 Å². The SMILES string of the molecule is CC(C)(O)[C@@H]1CCN(c2cc(NC(=O)c3cccc(-c4cn[nH]c4)n3)c(C(F)(F)F)cn2)C1. The number of aromatic nitrogens is 4. The summed E-state index contributed by atoms with van der Waals surface area (Å²) in [5.41, 5.74) is -1.31. The third kappa shape index (κ3) is 4.98. The second kappa shape index (κ2) is 8.47. The number of amides is 1. The molecule has 3 aromatic heterocycles. The first kappa shape index (κ1) is 22.7. The Morgan fingerprint density at radius 2 is 2.06 bits per heavy atom. The number of nitrogens with zero attached hydrogens (tertiary/aromatic N) is 4. The van der Waals surface area contributed by atoms with Crippen LogP contribution in [0.3, 0.4) is 0 Å². The highest BCUT2D eigenvalue weighted by molar-refractivity contribution is 6.03. The zero-order chi connectivity index (χ0) is 23.8. The number of aliphatic hydroxyl groups is 1. The van der Waals surface area contributed by atoms with E-state index in [9.17, 15) is 23.1 Å². The van der Waals surface area contributed by atoms with E-state index in [-0.39, 0.29) is 11.6 Å². The topological polar surface area (TPSA) is 107 Å². The van der Waals surface area contributed by atoms with Crippen LogP contribution in [-0.2, 0) is 6.18 Å². The first-order valence-corrected chi connectivity index (χ1v) is 10.3. The lowest BCUT2D eigenvalue weighted by molar-refractivity contribution is -0.137. The minimum atomic E-state index is -4.71. The Kier molecular flexibility index (Phi) is 5.83. The average molecular weight is 460 g/mol. The molecule has 4 heterocycles. The third-order valence-corrected chi connectivity index (χ3v) is 5.73. The van der Waals surface area contributed by atoms with Crippen molar-refractivity contribution >= 4 is 17.4 Å². The Balaban J connectivity index is 1.61. The minimum Gasteiger partial charge on any atom is -0.390 e. The van der Waals surface area contributed by atoms with Crippen LogP contribution in [-0.4, -0.2) is 49.9 Å². The molecule has 174 valence electrons. The first-order valence-electron chi connectivity index (χ1n) is 10.3. The second-order valence-electron chi connectivity index (χ2n) is 8.52. The van der Waals surface area contributed by atoms with E-state index in [2.05, 4.69) is 25.5 Å². The summed E-state index contributed by atoms with van der Waals surface area (Å²) in [4.78, 5) is 22.8. The van der Waals surface area contributed by atoms with Gasteiger partial charge in [0.25, 0.3) is 5.91 Å². The van der Waals surface area contributed by atoms with Gasteiger partial charge >= 0.3 is 6.18 Å². The van der Waals surface area contributed by atoms with Gasteiger partial charge in [-0.15, -0.1) is 0 Å². The number of hydrogen-bond donors (Lipinski definition) is 3. The Morgan fingerprint density at radius 1 is 1.27 bits per heavy atom. The van der Waals surface area contributed by atoms with Crippen molar-refractivity contribution < 1.29 is 23.1 Å². The maximum absolute atomic E-state index is 13.6. The van der Waals surface area contributed by atoms with Crippen molar-refractivity contribution in [2.24, 2.45) is 5.92 Å². The standard InChI is InChI=1S/C22H23F3N6O2/c1-21(2,33)14-6-7-31(12-14)19-8-18(15(11-26-19)22(23,24)25)30-20(32)17-5-3-4-16(29-17)13-9-27-28-10-13/h3-5,8-11,14,33H,6-7,12H2,1-2H3,(H,27,28)(H,26,30,32)/t14-/m1/s1. The lowest BCUT2D eigenvalue weighted by Crippen LogP contribution is -2.33. The second-order valence-corrected chi connectivity index (χ2v) is 8.52. The molecule has 3 N–H and O–H groups in total. The third-order valence-electron chi connectivity index (χ3n) is 5.73. The summed E-state index contributed by atoms with van der Waals surface area (Å²) in [6, 6.07) is 5.89. The van der Waals surface area contributed by atoms with Crippen LogP contribution in [0, 0.1) is 5.92 Å². The van der Waals surface area contributed by atoms with Crippen LogP contribution in [0.1, 0.15) is 36.3 Å². The van der Waals surface area contributed by atoms with Gasteiger partial charge in [-0.2, -0.15) is 18.3 Å². The molecule has 1 fully saturated rings. The van der Waals surface area contributed by atoms with Gasteiger partial charge in [-0.1, -0.05) is 6.07 Å². The molecule has 0 spiro atoms. The van der Waals surface area contributed by atoms with E-state index >= 15 is 0 Å². The molecule has 1 aliphatic rings. The molecule has 0 bridgehead atoms. The van der Waals surface area contributed by atoms with Gasteiger partial charge in [0.05, 0.1) is 28.7 Å². The fourth-order valence-electron chi connectivity index (χ4n) is 3.79. The maximum Gasteiger partial charge on any atom is 0.419 e. The molecular formula is C22H23F3N6O2. The van der Waals surface area contributed by atoms with Crippen LogP contribution in [0.25, 0.3) is 11.3 Å². The van der Waals surface area contributed by atoms with E-state index < -0.39 is 28.9 Å². The highest BCUT2D eigenvalue weighted by Crippen LogP contribution is 2.37. The van der Waals surface area contributed by atoms with Gasteiger partial charge in [0.2, 0.25) is 0 Å². The van der Waals surface area contributed by atoms with Crippen LogP contribution in [0.15, 0.2) is 42.9 Å². The summed E-state index contributed by atoms with van der Waals surface area (Å²) in [6.45, 7) is 4.40. The lowest BCUT2D eigenvalue weighted by atomic mass is 9.90. The molecule has 33 heavy (non-hydrogen) atoms. The molecule has 1 amide bonds. The van der Waals surface area contributed by atoms with Gasteiger partial charge in [0, 0.05) is 43.0 Å². The molecule has 0 saturated carbocycles.